The van der Waals surface area contributed by atoms with Crippen LogP contribution >= 0.6 is 23.2 Å². The van der Waals surface area contributed by atoms with E-state index in [4.69, 9.17) is 27.6 Å². The van der Waals surface area contributed by atoms with Crippen LogP contribution in [0, 0.1) is 0 Å². The van der Waals surface area contributed by atoms with Crippen LogP contribution in [0.2, 0.25) is 10.0 Å². The van der Waals surface area contributed by atoms with E-state index in [9.17, 15) is 5.11 Å². The predicted molar refractivity (Wildman–Crippen MR) is 86.0 cm³/mol. The van der Waals surface area contributed by atoms with Crippen molar-refractivity contribution in [3.8, 4) is 22.9 Å². The fraction of sp³-hybridized carbons (Fsp3) is 0. The number of aromatic nitrogens is 4. The van der Waals surface area contributed by atoms with Crippen LogP contribution in [0.5, 0.6) is 5.75 Å². The van der Waals surface area contributed by atoms with Gasteiger partial charge in [0, 0.05) is 11.1 Å². The molecule has 23 heavy (non-hydrogen) atoms. The van der Waals surface area contributed by atoms with E-state index in [0.29, 0.717) is 32.4 Å². The lowest BCUT2D eigenvalue weighted by atomic mass is 10.2. The van der Waals surface area contributed by atoms with Crippen LogP contribution in [0.25, 0.3) is 28.2 Å². The van der Waals surface area contributed by atoms with Gasteiger partial charge < -0.3 is 9.52 Å². The number of halogens is 2. The van der Waals surface area contributed by atoms with Crippen LogP contribution in [0.4, 0.5) is 0 Å². The van der Waals surface area contributed by atoms with Crippen molar-refractivity contribution in [3.63, 3.8) is 0 Å². The molecule has 0 spiro atoms. The highest BCUT2D eigenvalue weighted by Crippen LogP contribution is 2.35. The van der Waals surface area contributed by atoms with E-state index in [2.05, 4.69) is 15.2 Å². The van der Waals surface area contributed by atoms with Gasteiger partial charge in [0.2, 0.25) is 5.89 Å². The molecule has 2 aromatic heterocycles. The van der Waals surface area contributed by atoms with Crippen LogP contribution in [0.3, 0.4) is 0 Å². The lowest BCUT2D eigenvalue weighted by molar-refractivity contribution is 0.474. The van der Waals surface area contributed by atoms with Crippen molar-refractivity contribution in [1.29, 1.82) is 0 Å². The molecule has 0 bridgehead atoms. The summed E-state index contributed by atoms with van der Waals surface area (Å²) in [7, 11) is 0. The van der Waals surface area contributed by atoms with Gasteiger partial charge in [-0.25, -0.2) is 4.98 Å². The van der Waals surface area contributed by atoms with Crippen molar-refractivity contribution in [2.45, 2.75) is 0 Å². The normalized spacial score (nSPS) is 11.2. The first-order valence-corrected chi connectivity index (χ1v) is 7.31. The lowest BCUT2D eigenvalue weighted by Gasteiger charge is -2.04. The molecule has 4 aromatic rings. The summed E-state index contributed by atoms with van der Waals surface area (Å²) in [5, 5.41) is 18.6. The summed E-state index contributed by atoms with van der Waals surface area (Å²) in [5.74, 6) is 0.280. The standard InChI is InChI=1S/C15H8Cl2N4O2/c16-8-3-11(17)14-12(4-8)20-15(23-14)10-2-1-9(5-13(10)22)21-6-18-19-7-21/h1-7,22H. The Morgan fingerprint density at radius 3 is 2.57 bits per heavy atom. The van der Waals surface area contributed by atoms with E-state index in [1.807, 2.05) is 0 Å². The molecule has 2 aromatic carbocycles. The van der Waals surface area contributed by atoms with Gasteiger partial charge in [0.15, 0.2) is 5.58 Å². The largest absolute Gasteiger partial charge is 0.507 e. The molecule has 0 unspecified atom stereocenters. The van der Waals surface area contributed by atoms with Gasteiger partial charge >= 0.3 is 0 Å². The fourth-order valence-electron chi connectivity index (χ4n) is 2.27. The Labute approximate surface area is 139 Å². The van der Waals surface area contributed by atoms with E-state index in [1.165, 1.54) is 12.7 Å². The summed E-state index contributed by atoms with van der Waals surface area (Å²) in [6, 6.07) is 8.29. The summed E-state index contributed by atoms with van der Waals surface area (Å²) < 4.78 is 7.33. The summed E-state index contributed by atoms with van der Waals surface area (Å²) in [5.41, 5.74) is 2.12. The molecule has 8 heteroatoms. The number of aromatic hydroxyl groups is 1. The number of phenolic OH excluding ortho intramolecular Hbond substituents is 1. The highest BCUT2D eigenvalue weighted by Gasteiger charge is 2.15. The third-order valence-corrected chi connectivity index (χ3v) is 3.84. The Bertz CT molecular complexity index is 1010. The molecular weight excluding hydrogens is 339 g/mol. The number of rotatable bonds is 2. The monoisotopic (exact) mass is 346 g/mol. The Morgan fingerprint density at radius 1 is 1.04 bits per heavy atom. The fourth-order valence-corrected chi connectivity index (χ4v) is 2.79. The molecule has 0 aliphatic rings. The second-order valence-electron chi connectivity index (χ2n) is 4.83. The van der Waals surface area contributed by atoms with Crippen LogP contribution in [0.1, 0.15) is 0 Å². The SMILES string of the molecule is Oc1cc(-n2cnnc2)ccc1-c1nc2cc(Cl)cc(Cl)c2o1. The third-order valence-electron chi connectivity index (χ3n) is 3.34. The number of nitrogens with zero attached hydrogens (tertiary/aromatic N) is 4. The minimum absolute atomic E-state index is 0.0185. The number of hydrogen-bond donors (Lipinski definition) is 1. The minimum atomic E-state index is 0.0185. The van der Waals surface area contributed by atoms with Crippen molar-refractivity contribution in [1.82, 2.24) is 19.7 Å². The second-order valence-corrected chi connectivity index (χ2v) is 5.67. The molecule has 0 aliphatic carbocycles. The Balaban J connectivity index is 1.83. The van der Waals surface area contributed by atoms with Gasteiger partial charge in [-0.05, 0) is 24.3 Å². The first-order chi connectivity index (χ1) is 11.1. The van der Waals surface area contributed by atoms with Gasteiger partial charge in [0.25, 0.3) is 0 Å². The van der Waals surface area contributed by atoms with Gasteiger partial charge in [0.05, 0.1) is 16.3 Å². The maximum absolute atomic E-state index is 10.3. The van der Waals surface area contributed by atoms with Crippen molar-refractivity contribution in [2.75, 3.05) is 0 Å². The maximum atomic E-state index is 10.3. The molecule has 114 valence electrons. The van der Waals surface area contributed by atoms with Crippen LogP contribution < -0.4 is 0 Å². The number of benzene rings is 2. The van der Waals surface area contributed by atoms with Crippen molar-refractivity contribution < 1.29 is 9.52 Å². The lowest BCUT2D eigenvalue weighted by Crippen LogP contribution is -1.90. The zero-order valence-electron chi connectivity index (χ0n) is 11.4. The third kappa shape index (κ3) is 2.42. The zero-order chi connectivity index (χ0) is 16.0. The molecule has 0 saturated heterocycles. The van der Waals surface area contributed by atoms with E-state index in [-0.39, 0.29) is 11.6 Å². The first kappa shape index (κ1) is 14.0. The predicted octanol–water partition coefficient (Wildman–Crippen LogP) is 4.09. The molecule has 0 amide bonds. The second kappa shape index (κ2) is 5.26. The summed E-state index contributed by atoms with van der Waals surface area (Å²) >= 11 is 12.1. The van der Waals surface area contributed by atoms with Gasteiger partial charge in [-0.2, -0.15) is 0 Å². The highest BCUT2D eigenvalue weighted by molar-refractivity contribution is 6.38. The molecule has 2 heterocycles. The number of hydrogen-bond acceptors (Lipinski definition) is 5. The van der Waals surface area contributed by atoms with Crippen LogP contribution in [-0.2, 0) is 0 Å². The Hall–Kier alpha value is -2.57. The molecule has 1 N–H and O–H groups in total. The average Bonchev–Trinajstić information content (AvgIpc) is 3.15. The quantitative estimate of drug-likeness (QED) is 0.591. The van der Waals surface area contributed by atoms with Gasteiger partial charge in [-0.3, -0.25) is 4.57 Å². The van der Waals surface area contributed by atoms with Crippen LogP contribution in [-0.4, -0.2) is 24.9 Å². The Morgan fingerprint density at radius 2 is 1.83 bits per heavy atom. The maximum Gasteiger partial charge on any atom is 0.231 e. The van der Waals surface area contributed by atoms with Crippen molar-refractivity contribution >= 4 is 34.3 Å². The van der Waals surface area contributed by atoms with Gasteiger partial charge in [-0.1, -0.05) is 23.2 Å². The van der Waals surface area contributed by atoms with E-state index >= 15 is 0 Å². The molecule has 0 saturated carbocycles. The summed E-state index contributed by atoms with van der Waals surface area (Å²) in [6.07, 6.45) is 3.07. The van der Waals surface area contributed by atoms with Crippen LogP contribution in [0.15, 0.2) is 47.4 Å². The number of fused-ring (bicyclic) bond motifs is 1. The average molecular weight is 347 g/mol. The molecule has 0 radical (unpaired) electrons. The zero-order valence-corrected chi connectivity index (χ0v) is 13.0. The van der Waals surface area contributed by atoms with E-state index in [0.717, 1.165) is 0 Å². The minimum Gasteiger partial charge on any atom is -0.507 e. The van der Waals surface area contributed by atoms with Crippen molar-refractivity contribution in [3.05, 3.63) is 53.0 Å². The summed E-state index contributed by atoms with van der Waals surface area (Å²) in [4.78, 5) is 4.33. The van der Waals surface area contributed by atoms with Gasteiger partial charge in [0.1, 0.15) is 23.9 Å². The molecule has 0 aliphatic heterocycles. The molecule has 4 rings (SSSR count). The molecule has 0 fully saturated rings. The number of phenols is 1. The topological polar surface area (TPSA) is 77.0 Å². The summed E-state index contributed by atoms with van der Waals surface area (Å²) in [6.45, 7) is 0. The number of oxazole rings is 1. The molecule has 0 atom stereocenters. The smallest absolute Gasteiger partial charge is 0.231 e. The first-order valence-electron chi connectivity index (χ1n) is 6.56. The Kier molecular flexibility index (Phi) is 3.21. The van der Waals surface area contributed by atoms with Gasteiger partial charge in [-0.15, -0.1) is 10.2 Å². The van der Waals surface area contributed by atoms with Crippen molar-refractivity contribution in [2.24, 2.45) is 0 Å². The van der Waals surface area contributed by atoms with E-state index < -0.39 is 0 Å². The molecular formula is C15H8Cl2N4O2. The van der Waals surface area contributed by atoms with E-state index in [1.54, 1.807) is 34.9 Å². The molecule has 6 nitrogen and oxygen atoms in total. The highest BCUT2D eigenvalue weighted by atomic mass is 35.5.